The first-order valence-electron chi connectivity index (χ1n) is 17.0. The smallest absolute Gasteiger partial charge is 0.348 e. The number of hydrogen-bond donors (Lipinski definition) is 1. The van der Waals surface area contributed by atoms with Crippen molar-refractivity contribution in [1.82, 2.24) is 4.98 Å². The van der Waals surface area contributed by atoms with Crippen LogP contribution in [-0.2, 0) is 27.4 Å². The highest BCUT2D eigenvalue weighted by Crippen LogP contribution is 2.36. The van der Waals surface area contributed by atoms with Crippen LogP contribution in [0.2, 0.25) is 5.15 Å². The van der Waals surface area contributed by atoms with Gasteiger partial charge in [0.05, 0.1) is 31.4 Å². The molecule has 0 aliphatic heterocycles. The number of carbonyl (C=O) groups excluding carboxylic acids is 2. The molecule has 0 saturated heterocycles. The molecular formula is C39H43ClN6O5S. The monoisotopic (exact) mass is 742 g/mol. The van der Waals surface area contributed by atoms with Gasteiger partial charge in [0.25, 0.3) is 0 Å². The van der Waals surface area contributed by atoms with Crippen molar-refractivity contribution >= 4 is 63.1 Å². The van der Waals surface area contributed by atoms with Crippen molar-refractivity contribution < 1.29 is 23.8 Å². The number of nitriles is 1. The number of para-hydroxylation sites is 1. The van der Waals surface area contributed by atoms with Gasteiger partial charge < -0.3 is 24.4 Å². The summed E-state index contributed by atoms with van der Waals surface area (Å²) in [4.78, 5) is 31.8. The quantitative estimate of drug-likeness (QED) is 0.0460. The lowest BCUT2D eigenvalue weighted by Crippen LogP contribution is -2.22. The fourth-order valence-electron chi connectivity index (χ4n) is 5.33. The highest BCUT2D eigenvalue weighted by atomic mass is 35.5. The number of amides is 1. The van der Waals surface area contributed by atoms with Crippen LogP contribution in [0.3, 0.4) is 0 Å². The highest BCUT2D eigenvalue weighted by Gasteiger charge is 2.18. The normalized spacial score (nSPS) is 11.9. The number of benzene rings is 3. The predicted octanol–water partition coefficient (Wildman–Crippen LogP) is 10.1. The highest BCUT2D eigenvalue weighted by molar-refractivity contribution is 7.16. The third-order valence-corrected chi connectivity index (χ3v) is 9.45. The van der Waals surface area contributed by atoms with E-state index in [1.165, 1.54) is 13.0 Å². The van der Waals surface area contributed by atoms with Gasteiger partial charge in [-0.25, -0.2) is 9.78 Å². The lowest BCUT2D eigenvalue weighted by atomic mass is 10.0. The van der Waals surface area contributed by atoms with E-state index in [1.54, 1.807) is 20.3 Å². The summed E-state index contributed by atoms with van der Waals surface area (Å²) in [6.45, 7) is 6.87. The first-order chi connectivity index (χ1) is 25.2. The van der Waals surface area contributed by atoms with Gasteiger partial charge in [0.1, 0.15) is 34.0 Å². The first-order valence-corrected chi connectivity index (χ1v) is 18.2. The molecule has 272 valence electrons. The lowest BCUT2D eigenvalue weighted by molar-refractivity contribution is -0.139. The van der Waals surface area contributed by atoms with Gasteiger partial charge in [-0.3, -0.25) is 4.79 Å². The number of anilines is 2. The number of esters is 1. The summed E-state index contributed by atoms with van der Waals surface area (Å²) < 4.78 is 16.5. The average Bonchev–Trinajstić information content (AvgIpc) is 3.51. The summed E-state index contributed by atoms with van der Waals surface area (Å²) >= 11 is 7.44. The number of methoxy groups -OCH3 is 2. The van der Waals surface area contributed by atoms with Gasteiger partial charge in [-0.1, -0.05) is 86.4 Å². The Morgan fingerprint density at radius 2 is 1.87 bits per heavy atom. The second-order valence-corrected chi connectivity index (χ2v) is 13.3. The van der Waals surface area contributed by atoms with Crippen LogP contribution in [0.15, 0.2) is 82.5 Å². The third kappa shape index (κ3) is 11.4. The van der Waals surface area contributed by atoms with Gasteiger partial charge in [-0.15, -0.1) is 10.2 Å². The van der Waals surface area contributed by atoms with E-state index in [4.69, 9.17) is 25.8 Å². The molecule has 1 atom stereocenters. The fourth-order valence-corrected chi connectivity index (χ4v) is 6.36. The van der Waals surface area contributed by atoms with Gasteiger partial charge in [-0.2, -0.15) is 5.26 Å². The fraction of sp³-hybridized carbons (Fsp3) is 0.333. The Labute approximate surface area is 313 Å². The Bertz CT molecular complexity index is 1940. The maximum Gasteiger partial charge on any atom is 0.348 e. The Kier molecular flexibility index (Phi) is 15.2. The number of halogens is 1. The number of thiazole rings is 1. The molecule has 0 fully saturated rings. The molecule has 1 N–H and O–H groups in total. The summed E-state index contributed by atoms with van der Waals surface area (Å²) in [6.07, 6.45) is 5.30. The van der Waals surface area contributed by atoms with Gasteiger partial charge >= 0.3 is 5.97 Å². The molecule has 1 heterocycles. The minimum Gasteiger partial charge on any atom is -0.497 e. The summed E-state index contributed by atoms with van der Waals surface area (Å²) in [6, 6.07) is 23.1. The molecular weight excluding hydrogens is 700 g/mol. The van der Waals surface area contributed by atoms with Crippen molar-refractivity contribution in [2.45, 2.75) is 59.5 Å². The minimum absolute atomic E-state index is 0.0656. The topological polar surface area (TPSA) is 138 Å². The van der Waals surface area contributed by atoms with Crippen LogP contribution in [0, 0.1) is 17.2 Å². The number of nitrogens with one attached hydrogen (secondary N) is 1. The van der Waals surface area contributed by atoms with Crippen LogP contribution in [-0.4, -0.2) is 37.7 Å². The van der Waals surface area contributed by atoms with E-state index in [2.05, 4.69) is 39.3 Å². The van der Waals surface area contributed by atoms with Gasteiger partial charge in [0, 0.05) is 31.3 Å². The SMILES string of the molecule is CCCCC(CC)COC(=O)/C(C#N)=C/c1sc(/N=N/c2ccc(N(Cc3cccc(OC)c3)Cc3ccccc3OC)cc2NC(C)=O)nc1Cl. The van der Waals surface area contributed by atoms with Crippen molar-refractivity contribution in [3.05, 3.63) is 93.5 Å². The summed E-state index contributed by atoms with van der Waals surface area (Å²) in [5.41, 5.74) is 3.45. The van der Waals surface area contributed by atoms with Gasteiger partial charge in [0.2, 0.25) is 11.0 Å². The van der Waals surface area contributed by atoms with Gasteiger partial charge in [0.15, 0.2) is 0 Å². The van der Waals surface area contributed by atoms with E-state index < -0.39 is 5.97 Å². The molecule has 52 heavy (non-hydrogen) atoms. The molecule has 0 bridgehead atoms. The van der Waals surface area contributed by atoms with Crippen molar-refractivity contribution in [1.29, 1.82) is 5.26 Å². The van der Waals surface area contributed by atoms with E-state index in [0.717, 1.165) is 65.3 Å². The Morgan fingerprint density at radius 1 is 1.06 bits per heavy atom. The summed E-state index contributed by atoms with van der Waals surface area (Å²) in [7, 11) is 3.27. The molecule has 0 aliphatic carbocycles. The largest absolute Gasteiger partial charge is 0.497 e. The van der Waals surface area contributed by atoms with Crippen LogP contribution in [0.5, 0.6) is 11.5 Å². The molecule has 1 unspecified atom stereocenters. The van der Waals surface area contributed by atoms with Crippen LogP contribution in [0.4, 0.5) is 22.2 Å². The molecule has 4 rings (SSSR count). The van der Waals surface area contributed by atoms with Crippen LogP contribution in [0.1, 0.15) is 62.5 Å². The third-order valence-electron chi connectivity index (χ3n) is 8.17. The van der Waals surface area contributed by atoms with E-state index in [-0.39, 0.29) is 34.3 Å². The van der Waals surface area contributed by atoms with E-state index in [0.29, 0.717) is 29.3 Å². The Hall–Kier alpha value is -5.25. The Morgan fingerprint density at radius 3 is 2.58 bits per heavy atom. The number of aromatic nitrogens is 1. The first kappa shape index (κ1) is 39.5. The minimum atomic E-state index is -0.712. The second kappa shape index (κ2) is 20.0. The van der Waals surface area contributed by atoms with Gasteiger partial charge in [-0.05, 0) is 60.4 Å². The number of ether oxygens (including phenoxy) is 3. The Balaban J connectivity index is 1.61. The van der Waals surface area contributed by atoms with Crippen LogP contribution >= 0.6 is 22.9 Å². The molecule has 0 aliphatic rings. The molecule has 1 aromatic heterocycles. The maximum absolute atomic E-state index is 12.7. The summed E-state index contributed by atoms with van der Waals surface area (Å²) in [5, 5.41) is 21.5. The number of carbonyl (C=O) groups is 2. The molecule has 13 heteroatoms. The van der Waals surface area contributed by atoms with Crippen molar-refractivity contribution in [2.24, 2.45) is 16.1 Å². The molecule has 4 aromatic rings. The number of nitrogens with zero attached hydrogens (tertiary/aromatic N) is 5. The van der Waals surface area contributed by atoms with E-state index in [9.17, 15) is 14.9 Å². The molecule has 0 saturated carbocycles. The van der Waals surface area contributed by atoms with E-state index >= 15 is 0 Å². The lowest BCUT2D eigenvalue weighted by Gasteiger charge is -2.27. The zero-order chi connectivity index (χ0) is 37.5. The number of azo groups is 1. The zero-order valence-electron chi connectivity index (χ0n) is 30.0. The van der Waals surface area contributed by atoms with Crippen molar-refractivity contribution in [2.75, 3.05) is 31.0 Å². The van der Waals surface area contributed by atoms with Crippen molar-refractivity contribution in [3.63, 3.8) is 0 Å². The molecule has 1 amide bonds. The average molecular weight is 743 g/mol. The standard InChI is InChI=1S/C39H43ClN6O5S/c1-6-8-12-27(7-2)25-51-38(48)30(22-41)20-36-37(40)43-39(52-36)45-44-33-18-17-31(21-34(33)42-26(3)47)46(23-28-13-11-15-32(19-28)49-4)24-29-14-9-10-16-35(29)50-5/h9-11,13-21,27H,6-8,12,23-25H2,1-5H3,(H,42,47)/b30-20+,45-44+. The second-order valence-electron chi connectivity index (χ2n) is 11.9. The number of rotatable bonds is 18. The molecule has 11 nitrogen and oxygen atoms in total. The zero-order valence-corrected chi connectivity index (χ0v) is 31.6. The van der Waals surface area contributed by atoms with E-state index in [1.807, 2.05) is 66.7 Å². The molecule has 0 radical (unpaired) electrons. The van der Waals surface area contributed by atoms with Crippen LogP contribution in [0.25, 0.3) is 6.08 Å². The van der Waals surface area contributed by atoms with Crippen LogP contribution < -0.4 is 19.7 Å². The number of hydrogen-bond acceptors (Lipinski definition) is 11. The molecule has 3 aromatic carbocycles. The van der Waals surface area contributed by atoms with Crippen molar-refractivity contribution in [3.8, 4) is 17.6 Å². The number of unbranched alkanes of at least 4 members (excludes halogenated alkanes) is 1. The summed E-state index contributed by atoms with van der Waals surface area (Å²) in [5.74, 6) is 0.748. The predicted molar refractivity (Wildman–Crippen MR) is 206 cm³/mol. The maximum atomic E-state index is 12.7. The molecule has 0 spiro atoms.